The highest BCUT2D eigenvalue weighted by Gasteiger charge is 2.17. The van der Waals surface area contributed by atoms with Crippen LogP contribution in [0.25, 0.3) is 0 Å². The second-order valence-electron chi connectivity index (χ2n) is 4.84. The van der Waals surface area contributed by atoms with Gasteiger partial charge in [-0.05, 0) is 24.6 Å². The number of amides is 1. The van der Waals surface area contributed by atoms with Gasteiger partial charge in [0.15, 0.2) is 11.5 Å². The molecule has 0 aliphatic carbocycles. The Kier molecular flexibility index (Phi) is 4.41. The summed E-state index contributed by atoms with van der Waals surface area (Å²) in [5, 5.41) is 13.2. The molecule has 0 saturated heterocycles. The van der Waals surface area contributed by atoms with Crippen molar-refractivity contribution in [2.45, 2.75) is 20.3 Å². The van der Waals surface area contributed by atoms with Gasteiger partial charge in [0.25, 0.3) is 5.91 Å². The molecule has 1 heterocycles. The standard InChI is InChI=1S/C16H15NO5/c1-9(18)14-8-13(10(2)22-14)16(21)17-12-5-3-11(4-6-12)7-15(19)20/h3-6,8H,7H2,1-2H3,(H,17,21)(H,19,20)/p-1. The van der Waals surface area contributed by atoms with E-state index < -0.39 is 11.9 Å². The zero-order valence-corrected chi connectivity index (χ0v) is 12.1. The maximum absolute atomic E-state index is 12.1. The van der Waals surface area contributed by atoms with Gasteiger partial charge in [-0.2, -0.15) is 0 Å². The van der Waals surface area contributed by atoms with Crippen LogP contribution in [-0.2, 0) is 11.2 Å². The molecule has 0 unspecified atom stereocenters. The number of carbonyl (C=O) groups is 3. The van der Waals surface area contributed by atoms with Crippen molar-refractivity contribution in [1.82, 2.24) is 0 Å². The van der Waals surface area contributed by atoms with Crippen molar-refractivity contribution in [1.29, 1.82) is 0 Å². The number of Topliss-reactive ketones (excluding diaryl/α,β-unsaturated/α-hetero) is 1. The summed E-state index contributed by atoms with van der Waals surface area (Å²) < 4.78 is 5.22. The Hall–Kier alpha value is -2.89. The van der Waals surface area contributed by atoms with E-state index in [1.807, 2.05) is 0 Å². The number of nitrogens with one attached hydrogen (secondary N) is 1. The molecule has 0 aliphatic heterocycles. The fourth-order valence-corrected chi connectivity index (χ4v) is 1.95. The Labute approximate surface area is 126 Å². The van der Waals surface area contributed by atoms with Crippen LogP contribution in [0, 0.1) is 6.92 Å². The molecule has 0 saturated carbocycles. The molecule has 6 heteroatoms. The number of aryl methyl sites for hydroxylation is 1. The molecule has 0 atom stereocenters. The van der Waals surface area contributed by atoms with Crippen LogP contribution in [0.15, 0.2) is 34.7 Å². The molecule has 0 bridgehead atoms. The molecule has 1 aromatic carbocycles. The predicted molar refractivity (Wildman–Crippen MR) is 76.6 cm³/mol. The van der Waals surface area contributed by atoms with E-state index in [2.05, 4.69) is 5.32 Å². The Morgan fingerprint density at radius 1 is 1.18 bits per heavy atom. The van der Waals surface area contributed by atoms with E-state index in [1.54, 1.807) is 31.2 Å². The average molecular weight is 300 g/mol. The molecule has 0 fully saturated rings. The van der Waals surface area contributed by atoms with Gasteiger partial charge in [-0.25, -0.2) is 0 Å². The van der Waals surface area contributed by atoms with E-state index in [1.165, 1.54) is 13.0 Å². The van der Waals surface area contributed by atoms with Crippen LogP contribution in [0.4, 0.5) is 5.69 Å². The zero-order valence-electron chi connectivity index (χ0n) is 12.1. The van der Waals surface area contributed by atoms with Crippen molar-refractivity contribution in [3.05, 3.63) is 53.0 Å². The monoisotopic (exact) mass is 300 g/mol. The van der Waals surface area contributed by atoms with Gasteiger partial charge in [0, 0.05) is 31.1 Å². The van der Waals surface area contributed by atoms with Crippen LogP contribution >= 0.6 is 0 Å². The molecule has 2 rings (SSSR count). The van der Waals surface area contributed by atoms with Crippen molar-refractivity contribution in [3.63, 3.8) is 0 Å². The second-order valence-corrected chi connectivity index (χ2v) is 4.84. The first-order valence-corrected chi connectivity index (χ1v) is 6.58. The van der Waals surface area contributed by atoms with Crippen LogP contribution in [0.3, 0.4) is 0 Å². The quantitative estimate of drug-likeness (QED) is 0.840. The summed E-state index contributed by atoms with van der Waals surface area (Å²) in [5.74, 6) is -1.33. The maximum Gasteiger partial charge on any atom is 0.259 e. The maximum atomic E-state index is 12.1. The third-order valence-corrected chi connectivity index (χ3v) is 3.07. The summed E-state index contributed by atoms with van der Waals surface area (Å²) in [5.41, 5.74) is 1.37. The Balaban J connectivity index is 2.11. The molecule has 0 spiro atoms. The van der Waals surface area contributed by atoms with Crippen molar-refractivity contribution in [2.75, 3.05) is 5.32 Å². The summed E-state index contributed by atoms with van der Waals surface area (Å²) in [4.78, 5) is 33.9. The highest BCUT2D eigenvalue weighted by atomic mass is 16.4. The second kappa shape index (κ2) is 6.26. The van der Waals surface area contributed by atoms with Crippen molar-refractivity contribution in [2.24, 2.45) is 0 Å². The topological polar surface area (TPSA) is 99.4 Å². The SMILES string of the molecule is CC(=O)c1cc(C(=O)Nc2ccc(CC(=O)[O-])cc2)c(C)o1. The van der Waals surface area contributed by atoms with Gasteiger partial charge >= 0.3 is 0 Å². The first kappa shape index (κ1) is 15.5. The minimum Gasteiger partial charge on any atom is -0.550 e. The molecule has 0 radical (unpaired) electrons. The van der Waals surface area contributed by atoms with E-state index in [-0.39, 0.29) is 23.5 Å². The van der Waals surface area contributed by atoms with Crippen LogP contribution < -0.4 is 10.4 Å². The number of hydrogen-bond acceptors (Lipinski definition) is 5. The molecule has 1 aromatic heterocycles. The molecular formula is C16H14NO5-. The van der Waals surface area contributed by atoms with E-state index >= 15 is 0 Å². The van der Waals surface area contributed by atoms with Gasteiger partial charge < -0.3 is 19.6 Å². The number of ketones is 1. The smallest absolute Gasteiger partial charge is 0.259 e. The first-order chi connectivity index (χ1) is 10.4. The van der Waals surface area contributed by atoms with Gasteiger partial charge in [-0.15, -0.1) is 0 Å². The van der Waals surface area contributed by atoms with Crippen molar-refractivity contribution >= 4 is 23.3 Å². The fourth-order valence-electron chi connectivity index (χ4n) is 1.95. The minimum absolute atomic E-state index is 0.131. The summed E-state index contributed by atoms with van der Waals surface area (Å²) in [6, 6.07) is 7.77. The molecule has 0 aliphatic rings. The Morgan fingerprint density at radius 3 is 2.32 bits per heavy atom. The number of anilines is 1. The summed E-state index contributed by atoms with van der Waals surface area (Å²) in [6.45, 7) is 2.96. The third kappa shape index (κ3) is 3.60. The molecule has 1 N–H and O–H groups in total. The van der Waals surface area contributed by atoms with E-state index in [9.17, 15) is 19.5 Å². The van der Waals surface area contributed by atoms with E-state index in [4.69, 9.17) is 4.42 Å². The molecule has 6 nitrogen and oxygen atoms in total. The van der Waals surface area contributed by atoms with Crippen LogP contribution in [0.5, 0.6) is 0 Å². The number of hydrogen-bond donors (Lipinski definition) is 1. The highest BCUT2D eigenvalue weighted by molar-refractivity contribution is 6.06. The van der Waals surface area contributed by atoms with E-state index in [0.29, 0.717) is 17.0 Å². The lowest BCUT2D eigenvalue weighted by molar-refractivity contribution is -0.304. The molecular weight excluding hydrogens is 286 g/mol. The zero-order chi connectivity index (χ0) is 16.3. The van der Waals surface area contributed by atoms with Gasteiger partial charge in [0.1, 0.15) is 5.76 Å². The van der Waals surface area contributed by atoms with Crippen molar-refractivity contribution in [3.8, 4) is 0 Å². The van der Waals surface area contributed by atoms with Gasteiger partial charge in [0.05, 0.1) is 5.56 Å². The summed E-state index contributed by atoms with van der Waals surface area (Å²) in [6.07, 6.45) is -0.183. The summed E-state index contributed by atoms with van der Waals surface area (Å²) in [7, 11) is 0. The minimum atomic E-state index is -1.16. The van der Waals surface area contributed by atoms with Gasteiger partial charge in [-0.1, -0.05) is 12.1 Å². The molecule has 2 aromatic rings. The Morgan fingerprint density at radius 2 is 1.82 bits per heavy atom. The van der Waals surface area contributed by atoms with Crippen molar-refractivity contribution < 1.29 is 23.9 Å². The van der Waals surface area contributed by atoms with Crippen LogP contribution in [0.1, 0.15) is 39.2 Å². The number of aliphatic carboxylic acids is 1. The number of furan rings is 1. The lowest BCUT2D eigenvalue weighted by atomic mass is 10.1. The number of rotatable bonds is 5. The Bertz CT molecular complexity index is 727. The number of carboxylic acids is 1. The highest BCUT2D eigenvalue weighted by Crippen LogP contribution is 2.18. The predicted octanol–water partition coefficient (Wildman–Crippen LogP) is 1.34. The first-order valence-electron chi connectivity index (χ1n) is 6.58. The molecule has 114 valence electrons. The number of benzene rings is 1. The summed E-state index contributed by atoms with van der Waals surface area (Å²) >= 11 is 0. The van der Waals surface area contributed by atoms with Gasteiger partial charge in [-0.3, -0.25) is 9.59 Å². The lowest BCUT2D eigenvalue weighted by Crippen LogP contribution is -2.24. The number of carbonyl (C=O) groups excluding carboxylic acids is 3. The van der Waals surface area contributed by atoms with Gasteiger partial charge in [0.2, 0.25) is 0 Å². The molecule has 1 amide bonds. The van der Waals surface area contributed by atoms with Crippen LogP contribution in [-0.4, -0.2) is 17.7 Å². The number of carboxylic acid groups (broad SMARTS) is 1. The van der Waals surface area contributed by atoms with Crippen LogP contribution in [0.2, 0.25) is 0 Å². The lowest BCUT2D eigenvalue weighted by Gasteiger charge is -2.06. The normalized spacial score (nSPS) is 10.3. The molecule has 22 heavy (non-hydrogen) atoms. The average Bonchev–Trinajstić information content (AvgIpc) is 2.83. The third-order valence-electron chi connectivity index (χ3n) is 3.07. The largest absolute Gasteiger partial charge is 0.550 e. The fraction of sp³-hybridized carbons (Fsp3) is 0.188. The van der Waals surface area contributed by atoms with E-state index in [0.717, 1.165) is 0 Å².